The van der Waals surface area contributed by atoms with Crippen molar-refractivity contribution in [3.05, 3.63) is 36.2 Å². The number of hydrogen-bond donors (Lipinski definition) is 1. The zero-order valence-electron chi connectivity index (χ0n) is 14.2. The van der Waals surface area contributed by atoms with Gasteiger partial charge in [-0.15, -0.1) is 0 Å². The standard InChI is InChI=1S/C18H24N4O2/c1-3-14-10-17(20-13(2)11-24-15-7-9-23-12-15)22-18(21-14)16-6-4-5-8-19-16/h4-6,8,10,13,15H,3,7,9,11-12H2,1-2H3,(H,20,21,22). The molecule has 2 aromatic rings. The molecule has 0 spiro atoms. The minimum atomic E-state index is 0.154. The van der Waals surface area contributed by atoms with Crippen LogP contribution in [0.1, 0.15) is 26.0 Å². The molecule has 1 saturated heterocycles. The summed E-state index contributed by atoms with van der Waals surface area (Å²) in [6.45, 7) is 6.29. The van der Waals surface area contributed by atoms with E-state index in [1.54, 1.807) is 6.20 Å². The molecule has 2 aromatic heterocycles. The molecule has 6 nitrogen and oxygen atoms in total. The monoisotopic (exact) mass is 328 g/mol. The van der Waals surface area contributed by atoms with Crippen molar-refractivity contribution in [3.63, 3.8) is 0 Å². The first-order valence-electron chi connectivity index (χ1n) is 8.50. The van der Waals surface area contributed by atoms with Gasteiger partial charge in [-0.25, -0.2) is 9.97 Å². The highest BCUT2D eigenvalue weighted by Gasteiger charge is 2.17. The number of nitrogens with one attached hydrogen (secondary N) is 1. The Labute approximate surface area is 142 Å². The van der Waals surface area contributed by atoms with Crippen molar-refractivity contribution in [3.8, 4) is 11.5 Å². The summed E-state index contributed by atoms with van der Waals surface area (Å²) in [6, 6.07) is 7.89. The first-order valence-corrected chi connectivity index (χ1v) is 8.50. The van der Waals surface area contributed by atoms with E-state index in [0.717, 1.165) is 36.7 Å². The van der Waals surface area contributed by atoms with Crippen molar-refractivity contribution in [2.24, 2.45) is 0 Å². The molecule has 0 aromatic carbocycles. The molecule has 128 valence electrons. The summed E-state index contributed by atoms with van der Waals surface area (Å²) in [7, 11) is 0. The Morgan fingerprint density at radius 3 is 3.00 bits per heavy atom. The van der Waals surface area contributed by atoms with Crippen molar-refractivity contribution in [1.29, 1.82) is 0 Å². The summed E-state index contributed by atoms with van der Waals surface area (Å²) in [5.41, 5.74) is 1.77. The molecular weight excluding hydrogens is 304 g/mol. The first-order chi connectivity index (χ1) is 11.7. The van der Waals surface area contributed by atoms with Crippen LogP contribution >= 0.6 is 0 Å². The molecule has 1 aliphatic rings. The van der Waals surface area contributed by atoms with Gasteiger partial charge in [-0.2, -0.15) is 0 Å². The van der Waals surface area contributed by atoms with Gasteiger partial charge in [0.1, 0.15) is 11.5 Å². The zero-order chi connectivity index (χ0) is 16.8. The lowest BCUT2D eigenvalue weighted by Gasteiger charge is -2.18. The number of hydrogen-bond acceptors (Lipinski definition) is 6. The molecule has 1 fully saturated rings. The molecule has 1 aliphatic heterocycles. The Bertz CT molecular complexity index is 645. The van der Waals surface area contributed by atoms with Gasteiger partial charge in [0.25, 0.3) is 0 Å². The molecule has 1 N–H and O–H groups in total. The molecule has 6 heteroatoms. The van der Waals surface area contributed by atoms with E-state index in [-0.39, 0.29) is 12.1 Å². The summed E-state index contributed by atoms with van der Waals surface area (Å²) < 4.78 is 11.2. The summed E-state index contributed by atoms with van der Waals surface area (Å²) in [5, 5.41) is 3.41. The maximum atomic E-state index is 5.87. The molecule has 0 aliphatic carbocycles. The van der Waals surface area contributed by atoms with Crippen LogP contribution in [0.3, 0.4) is 0 Å². The largest absolute Gasteiger partial charge is 0.379 e. The fourth-order valence-corrected chi connectivity index (χ4v) is 2.58. The minimum absolute atomic E-state index is 0.154. The van der Waals surface area contributed by atoms with Crippen molar-refractivity contribution in [2.45, 2.75) is 38.8 Å². The number of ether oxygens (including phenoxy) is 2. The average Bonchev–Trinajstić information content (AvgIpc) is 3.14. The van der Waals surface area contributed by atoms with E-state index in [1.807, 2.05) is 24.3 Å². The lowest BCUT2D eigenvalue weighted by Crippen LogP contribution is -2.26. The lowest BCUT2D eigenvalue weighted by atomic mass is 10.2. The summed E-state index contributed by atoms with van der Waals surface area (Å²) in [4.78, 5) is 13.5. The Morgan fingerprint density at radius 2 is 2.29 bits per heavy atom. The Balaban J connectivity index is 1.67. The average molecular weight is 328 g/mol. The van der Waals surface area contributed by atoms with Gasteiger partial charge in [0.05, 0.1) is 19.3 Å². The fraction of sp³-hybridized carbons (Fsp3) is 0.500. The van der Waals surface area contributed by atoms with E-state index < -0.39 is 0 Å². The highest BCUT2D eigenvalue weighted by molar-refractivity contribution is 5.53. The van der Waals surface area contributed by atoms with Crippen molar-refractivity contribution >= 4 is 5.82 Å². The van der Waals surface area contributed by atoms with Crippen LogP contribution in [0.4, 0.5) is 5.82 Å². The Morgan fingerprint density at radius 1 is 1.38 bits per heavy atom. The van der Waals surface area contributed by atoms with Crippen molar-refractivity contribution in [1.82, 2.24) is 15.0 Å². The molecule has 0 amide bonds. The third-order valence-electron chi connectivity index (χ3n) is 3.90. The van der Waals surface area contributed by atoms with E-state index in [4.69, 9.17) is 9.47 Å². The highest BCUT2D eigenvalue weighted by Crippen LogP contribution is 2.17. The quantitative estimate of drug-likeness (QED) is 0.843. The van der Waals surface area contributed by atoms with Crippen molar-refractivity contribution < 1.29 is 9.47 Å². The van der Waals surface area contributed by atoms with Crippen LogP contribution in [0.15, 0.2) is 30.5 Å². The van der Waals surface area contributed by atoms with Gasteiger partial charge in [-0.1, -0.05) is 13.0 Å². The van der Waals surface area contributed by atoms with Crippen LogP contribution in [-0.4, -0.2) is 46.9 Å². The van der Waals surface area contributed by atoms with Gasteiger partial charge in [0.2, 0.25) is 0 Å². The maximum absolute atomic E-state index is 5.87. The van der Waals surface area contributed by atoms with Gasteiger partial charge < -0.3 is 14.8 Å². The second kappa shape index (κ2) is 8.17. The lowest BCUT2D eigenvalue weighted by molar-refractivity contribution is 0.0395. The molecule has 0 bridgehead atoms. The Kier molecular flexibility index (Phi) is 5.72. The highest BCUT2D eigenvalue weighted by atomic mass is 16.5. The van der Waals surface area contributed by atoms with Crippen LogP contribution in [0.5, 0.6) is 0 Å². The second-order valence-corrected chi connectivity index (χ2v) is 6.00. The summed E-state index contributed by atoms with van der Waals surface area (Å²) in [6.07, 6.45) is 3.80. The normalized spacial score (nSPS) is 18.5. The predicted molar refractivity (Wildman–Crippen MR) is 92.9 cm³/mol. The SMILES string of the molecule is CCc1cc(NC(C)COC2CCOC2)nc(-c2ccccn2)n1. The number of aromatic nitrogens is 3. The van der Waals surface area contributed by atoms with E-state index in [9.17, 15) is 0 Å². The molecule has 0 saturated carbocycles. The van der Waals surface area contributed by atoms with Gasteiger partial charge in [-0.05, 0) is 31.9 Å². The second-order valence-electron chi connectivity index (χ2n) is 6.00. The van der Waals surface area contributed by atoms with E-state index in [2.05, 4.69) is 34.1 Å². The van der Waals surface area contributed by atoms with Crippen LogP contribution in [0, 0.1) is 0 Å². The van der Waals surface area contributed by atoms with Gasteiger partial charge in [-0.3, -0.25) is 4.98 Å². The topological polar surface area (TPSA) is 69.2 Å². The van der Waals surface area contributed by atoms with Crippen LogP contribution in [0.25, 0.3) is 11.5 Å². The summed E-state index contributed by atoms with van der Waals surface area (Å²) >= 11 is 0. The molecule has 3 heterocycles. The van der Waals surface area contributed by atoms with Crippen LogP contribution < -0.4 is 5.32 Å². The first kappa shape index (κ1) is 16.8. The van der Waals surface area contributed by atoms with E-state index in [1.165, 1.54) is 0 Å². The molecule has 2 atom stereocenters. The van der Waals surface area contributed by atoms with Crippen LogP contribution in [0.2, 0.25) is 0 Å². The molecule has 24 heavy (non-hydrogen) atoms. The number of nitrogens with zero attached hydrogens (tertiary/aromatic N) is 3. The van der Waals surface area contributed by atoms with Gasteiger partial charge in [0, 0.05) is 30.6 Å². The fourth-order valence-electron chi connectivity index (χ4n) is 2.58. The Hall–Kier alpha value is -2.05. The smallest absolute Gasteiger partial charge is 0.180 e. The van der Waals surface area contributed by atoms with Gasteiger partial charge >= 0.3 is 0 Å². The minimum Gasteiger partial charge on any atom is -0.379 e. The van der Waals surface area contributed by atoms with E-state index in [0.29, 0.717) is 19.0 Å². The van der Waals surface area contributed by atoms with Crippen LogP contribution in [-0.2, 0) is 15.9 Å². The predicted octanol–water partition coefficient (Wildman–Crippen LogP) is 2.71. The molecular formula is C18H24N4O2. The van der Waals surface area contributed by atoms with Gasteiger partial charge in [0.15, 0.2) is 5.82 Å². The molecule has 3 rings (SSSR count). The number of rotatable bonds is 7. The number of anilines is 1. The third-order valence-corrected chi connectivity index (χ3v) is 3.90. The number of aryl methyl sites for hydroxylation is 1. The molecule has 2 unspecified atom stereocenters. The van der Waals surface area contributed by atoms with Crippen molar-refractivity contribution in [2.75, 3.05) is 25.1 Å². The summed E-state index contributed by atoms with van der Waals surface area (Å²) in [5.74, 6) is 1.45. The molecule has 0 radical (unpaired) electrons. The van der Waals surface area contributed by atoms with E-state index >= 15 is 0 Å². The third kappa shape index (κ3) is 4.49. The maximum Gasteiger partial charge on any atom is 0.180 e. The zero-order valence-corrected chi connectivity index (χ0v) is 14.2. The number of pyridine rings is 1.